The van der Waals surface area contributed by atoms with Crippen molar-refractivity contribution in [2.75, 3.05) is 7.11 Å². The van der Waals surface area contributed by atoms with Crippen molar-refractivity contribution < 1.29 is 14.3 Å². The lowest BCUT2D eigenvalue weighted by molar-refractivity contribution is -0.117. The molecule has 0 heterocycles. The molecule has 0 aromatic heterocycles. The fraction of sp³-hybridized carbons (Fsp3) is 0.167. The van der Waals surface area contributed by atoms with Crippen LogP contribution in [0.15, 0.2) is 24.3 Å². The predicted octanol–water partition coefficient (Wildman–Crippen LogP) is 1.40. The zero-order valence-electron chi connectivity index (χ0n) is 8.97. The third kappa shape index (κ3) is 3.24. The Morgan fingerprint density at radius 2 is 2.19 bits per heavy atom. The van der Waals surface area contributed by atoms with E-state index in [1.807, 2.05) is 0 Å². The van der Waals surface area contributed by atoms with Crippen molar-refractivity contribution in [3.63, 3.8) is 0 Å². The summed E-state index contributed by atoms with van der Waals surface area (Å²) < 4.78 is 5.04. The fourth-order valence-electron chi connectivity index (χ4n) is 1.23. The van der Waals surface area contributed by atoms with Gasteiger partial charge in [-0.05, 0) is 23.8 Å². The first-order chi connectivity index (χ1) is 7.67. The lowest BCUT2D eigenvalue weighted by Gasteiger charge is -2.03. The number of hydrogen-bond donors (Lipinski definition) is 1. The molecule has 0 spiro atoms. The maximum Gasteiger partial charge on any atom is 0.221 e. The van der Waals surface area contributed by atoms with E-state index < -0.39 is 5.91 Å². The highest BCUT2D eigenvalue weighted by molar-refractivity contribution is 5.83. The van der Waals surface area contributed by atoms with Gasteiger partial charge in [-0.2, -0.15) is 0 Å². The van der Waals surface area contributed by atoms with Crippen LogP contribution in [0.2, 0.25) is 0 Å². The summed E-state index contributed by atoms with van der Waals surface area (Å²) in [5.41, 5.74) is 6.25. The summed E-state index contributed by atoms with van der Waals surface area (Å²) >= 11 is 0. The molecule has 4 heteroatoms. The van der Waals surface area contributed by atoms with Crippen LogP contribution in [0, 0.1) is 0 Å². The molecule has 0 aliphatic rings. The topological polar surface area (TPSA) is 69.4 Å². The van der Waals surface area contributed by atoms with E-state index >= 15 is 0 Å². The Balaban J connectivity index is 2.95. The second-order valence-corrected chi connectivity index (χ2v) is 3.19. The molecule has 84 valence electrons. The number of methoxy groups -OCH3 is 1. The van der Waals surface area contributed by atoms with E-state index in [9.17, 15) is 9.59 Å². The largest absolute Gasteiger partial charge is 0.497 e. The van der Waals surface area contributed by atoms with Gasteiger partial charge in [0, 0.05) is 12.0 Å². The molecule has 0 saturated heterocycles. The number of benzene rings is 1. The molecule has 2 N–H and O–H groups in total. The molecule has 0 atom stereocenters. The Morgan fingerprint density at radius 1 is 1.44 bits per heavy atom. The average Bonchev–Trinajstić information content (AvgIpc) is 2.28. The fourth-order valence-corrected chi connectivity index (χ4v) is 1.23. The van der Waals surface area contributed by atoms with Crippen LogP contribution in [-0.2, 0) is 4.79 Å². The Labute approximate surface area is 93.7 Å². The number of rotatable bonds is 5. The average molecular weight is 219 g/mol. The minimum atomic E-state index is -0.410. The van der Waals surface area contributed by atoms with Crippen LogP contribution in [0.25, 0.3) is 6.08 Å². The van der Waals surface area contributed by atoms with E-state index in [0.717, 1.165) is 6.29 Å². The van der Waals surface area contributed by atoms with Gasteiger partial charge in [0.2, 0.25) is 5.91 Å². The second kappa shape index (κ2) is 5.70. The first-order valence-electron chi connectivity index (χ1n) is 4.75. The molecular weight excluding hydrogens is 206 g/mol. The van der Waals surface area contributed by atoms with E-state index in [1.54, 1.807) is 37.5 Å². The van der Waals surface area contributed by atoms with Crippen LogP contribution in [-0.4, -0.2) is 19.3 Å². The maximum absolute atomic E-state index is 10.8. The monoisotopic (exact) mass is 219 g/mol. The van der Waals surface area contributed by atoms with Crippen molar-refractivity contribution in [2.45, 2.75) is 6.42 Å². The van der Waals surface area contributed by atoms with Gasteiger partial charge in [0.25, 0.3) is 0 Å². The van der Waals surface area contributed by atoms with Crippen LogP contribution >= 0.6 is 0 Å². The van der Waals surface area contributed by atoms with E-state index in [4.69, 9.17) is 10.5 Å². The molecule has 1 amide bonds. The van der Waals surface area contributed by atoms with E-state index in [1.165, 1.54) is 0 Å². The van der Waals surface area contributed by atoms with Crippen molar-refractivity contribution in [3.05, 3.63) is 35.4 Å². The number of aldehydes is 1. The molecule has 4 nitrogen and oxygen atoms in total. The van der Waals surface area contributed by atoms with Crippen LogP contribution in [0.3, 0.4) is 0 Å². The highest BCUT2D eigenvalue weighted by Gasteiger charge is 2.00. The van der Waals surface area contributed by atoms with Gasteiger partial charge in [-0.25, -0.2) is 0 Å². The van der Waals surface area contributed by atoms with Crippen molar-refractivity contribution >= 4 is 18.3 Å². The van der Waals surface area contributed by atoms with Gasteiger partial charge in [0.1, 0.15) is 5.75 Å². The van der Waals surface area contributed by atoms with E-state index in [2.05, 4.69) is 0 Å². The quantitative estimate of drug-likeness (QED) is 0.761. The summed E-state index contributed by atoms with van der Waals surface area (Å²) in [7, 11) is 1.55. The normalized spacial score (nSPS) is 10.3. The molecule has 0 aliphatic heterocycles. The van der Waals surface area contributed by atoms with Crippen LogP contribution < -0.4 is 10.5 Å². The minimum Gasteiger partial charge on any atom is -0.497 e. The number of hydrogen-bond acceptors (Lipinski definition) is 3. The van der Waals surface area contributed by atoms with E-state index in [-0.39, 0.29) is 6.42 Å². The highest BCUT2D eigenvalue weighted by Crippen LogP contribution is 2.17. The molecule has 1 aromatic rings. The zero-order valence-corrected chi connectivity index (χ0v) is 8.97. The number of carbonyl (C=O) groups is 2. The number of primary amides is 1. The molecule has 0 radical (unpaired) electrons. The lowest BCUT2D eigenvalue weighted by Crippen LogP contribution is -2.07. The molecule has 0 aliphatic carbocycles. The molecular formula is C12H13NO3. The highest BCUT2D eigenvalue weighted by atomic mass is 16.5. The summed E-state index contributed by atoms with van der Waals surface area (Å²) in [6.45, 7) is 0. The third-order valence-corrected chi connectivity index (χ3v) is 2.04. The lowest BCUT2D eigenvalue weighted by atomic mass is 10.1. The SMILES string of the molecule is COc1ccc(C=O)c(C=CCC(N)=O)c1. The molecule has 1 aromatic carbocycles. The van der Waals surface area contributed by atoms with Gasteiger partial charge in [0.05, 0.1) is 7.11 Å². The maximum atomic E-state index is 10.8. The van der Waals surface area contributed by atoms with Gasteiger partial charge in [-0.1, -0.05) is 12.2 Å². The molecule has 16 heavy (non-hydrogen) atoms. The summed E-state index contributed by atoms with van der Waals surface area (Å²) in [5.74, 6) is 0.246. The molecule has 0 unspecified atom stereocenters. The number of nitrogens with two attached hydrogens (primary N) is 1. The van der Waals surface area contributed by atoms with Crippen molar-refractivity contribution in [3.8, 4) is 5.75 Å². The first-order valence-corrected chi connectivity index (χ1v) is 4.75. The van der Waals surface area contributed by atoms with Crippen LogP contribution in [0.1, 0.15) is 22.3 Å². The van der Waals surface area contributed by atoms with Crippen molar-refractivity contribution in [1.82, 2.24) is 0 Å². The summed E-state index contributed by atoms with van der Waals surface area (Å²) in [6, 6.07) is 5.09. The summed E-state index contributed by atoms with van der Waals surface area (Å²) in [5, 5.41) is 0. The smallest absolute Gasteiger partial charge is 0.221 e. The van der Waals surface area contributed by atoms with Crippen molar-refractivity contribution in [2.24, 2.45) is 5.73 Å². The molecule has 1 rings (SSSR count). The Kier molecular flexibility index (Phi) is 4.27. The second-order valence-electron chi connectivity index (χ2n) is 3.19. The molecule has 0 saturated carbocycles. The summed E-state index contributed by atoms with van der Waals surface area (Å²) in [4.78, 5) is 21.3. The number of carbonyl (C=O) groups excluding carboxylic acids is 2. The van der Waals surface area contributed by atoms with Gasteiger partial charge in [-0.15, -0.1) is 0 Å². The van der Waals surface area contributed by atoms with Gasteiger partial charge >= 0.3 is 0 Å². The van der Waals surface area contributed by atoms with Gasteiger partial charge < -0.3 is 10.5 Å². The minimum absolute atomic E-state index is 0.148. The van der Waals surface area contributed by atoms with Crippen molar-refractivity contribution in [1.29, 1.82) is 0 Å². The van der Waals surface area contributed by atoms with Gasteiger partial charge in [0.15, 0.2) is 6.29 Å². The Bertz CT molecular complexity index is 424. The van der Waals surface area contributed by atoms with Crippen LogP contribution in [0.5, 0.6) is 5.75 Å². The molecule has 0 bridgehead atoms. The standard InChI is InChI=1S/C12H13NO3/c1-16-11-6-5-10(8-14)9(7-11)3-2-4-12(13)15/h2-3,5-8H,4H2,1H3,(H2,13,15). The Hall–Kier alpha value is -2.10. The predicted molar refractivity (Wildman–Crippen MR) is 61.2 cm³/mol. The summed E-state index contributed by atoms with van der Waals surface area (Å²) in [6.07, 6.45) is 4.19. The Morgan fingerprint density at radius 3 is 2.75 bits per heavy atom. The molecule has 0 fully saturated rings. The van der Waals surface area contributed by atoms with Crippen LogP contribution in [0.4, 0.5) is 0 Å². The van der Waals surface area contributed by atoms with E-state index in [0.29, 0.717) is 16.9 Å². The van der Waals surface area contributed by atoms with Gasteiger partial charge in [-0.3, -0.25) is 9.59 Å². The first kappa shape index (κ1) is 12.0. The number of amides is 1. The zero-order chi connectivity index (χ0) is 12.0. The number of ether oxygens (including phenoxy) is 1. The third-order valence-electron chi connectivity index (χ3n) is 2.04.